The van der Waals surface area contributed by atoms with E-state index in [-0.39, 0.29) is 0 Å². The molecule has 1 fully saturated rings. The van der Waals surface area contributed by atoms with E-state index in [9.17, 15) is 0 Å². The van der Waals surface area contributed by atoms with Gasteiger partial charge in [-0.05, 0) is 43.9 Å². The molecule has 35 heavy (non-hydrogen) atoms. The standard InChI is InChI=1S/C26H37N3O5S/c1-6-8-11-28(19-9-12-33-13-10-19)24-25(34-7-2)27-29-20(17-35-26(24)29)23-21(31-4)14-18(16-30-3)15-22(23)32-5/h14-15,17,19H,6-13,16H2,1-5H3. The van der Waals surface area contributed by atoms with Crippen molar-refractivity contribution in [2.24, 2.45) is 0 Å². The normalized spacial score (nSPS) is 14.4. The third-order valence-corrected chi connectivity index (χ3v) is 7.31. The smallest absolute Gasteiger partial charge is 0.258 e. The Morgan fingerprint density at radius 2 is 1.83 bits per heavy atom. The van der Waals surface area contributed by atoms with Crippen LogP contribution in [0, 0.1) is 0 Å². The van der Waals surface area contributed by atoms with E-state index in [4.69, 9.17) is 28.8 Å². The van der Waals surface area contributed by atoms with Gasteiger partial charge in [0, 0.05) is 38.3 Å². The topological polar surface area (TPSA) is 66.7 Å². The van der Waals surface area contributed by atoms with E-state index in [0.29, 0.717) is 25.1 Å². The number of rotatable bonds is 12. The first-order chi connectivity index (χ1) is 17.2. The maximum atomic E-state index is 6.11. The fraction of sp³-hybridized carbons (Fsp3) is 0.577. The minimum atomic E-state index is 0.408. The quantitative estimate of drug-likeness (QED) is 0.327. The predicted molar refractivity (Wildman–Crippen MR) is 140 cm³/mol. The Morgan fingerprint density at radius 1 is 1.11 bits per heavy atom. The highest BCUT2D eigenvalue weighted by Gasteiger charge is 2.30. The summed E-state index contributed by atoms with van der Waals surface area (Å²) >= 11 is 1.67. The van der Waals surface area contributed by atoms with Crippen LogP contribution in [0.1, 0.15) is 45.1 Å². The minimum Gasteiger partial charge on any atom is -0.496 e. The van der Waals surface area contributed by atoms with Crippen molar-refractivity contribution in [1.29, 1.82) is 0 Å². The highest BCUT2D eigenvalue weighted by molar-refractivity contribution is 7.16. The second-order valence-corrected chi connectivity index (χ2v) is 9.48. The first-order valence-corrected chi connectivity index (χ1v) is 13.3. The molecule has 1 aliphatic heterocycles. The van der Waals surface area contributed by atoms with Gasteiger partial charge in [0.2, 0.25) is 0 Å². The number of anilines is 1. The Balaban J connectivity index is 1.87. The number of nitrogens with zero attached hydrogens (tertiary/aromatic N) is 3. The molecule has 4 rings (SSSR count). The molecular formula is C26H37N3O5S. The number of methoxy groups -OCH3 is 3. The Hall–Kier alpha value is -2.49. The number of thiazole rings is 1. The van der Waals surface area contributed by atoms with E-state index in [1.54, 1.807) is 32.7 Å². The van der Waals surface area contributed by atoms with Crippen LogP contribution < -0.4 is 19.1 Å². The fourth-order valence-electron chi connectivity index (χ4n) is 4.72. The summed E-state index contributed by atoms with van der Waals surface area (Å²) in [6.07, 6.45) is 4.26. The second kappa shape index (κ2) is 12.0. The van der Waals surface area contributed by atoms with Crippen molar-refractivity contribution < 1.29 is 23.7 Å². The third-order valence-electron chi connectivity index (χ3n) is 6.38. The van der Waals surface area contributed by atoms with Gasteiger partial charge >= 0.3 is 0 Å². The molecule has 192 valence electrons. The summed E-state index contributed by atoms with van der Waals surface area (Å²) in [6, 6.07) is 4.40. The fourth-order valence-corrected chi connectivity index (χ4v) is 5.72. The summed E-state index contributed by atoms with van der Waals surface area (Å²) in [6.45, 7) is 7.82. The van der Waals surface area contributed by atoms with Gasteiger partial charge in [0.25, 0.3) is 5.88 Å². The van der Waals surface area contributed by atoms with Gasteiger partial charge in [0.1, 0.15) is 22.0 Å². The van der Waals surface area contributed by atoms with Crippen molar-refractivity contribution in [2.75, 3.05) is 52.6 Å². The van der Waals surface area contributed by atoms with E-state index in [1.807, 2.05) is 23.6 Å². The van der Waals surface area contributed by atoms with Gasteiger partial charge in [-0.1, -0.05) is 13.3 Å². The lowest BCUT2D eigenvalue weighted by Gasteiger charge is -2.35. The molecule has 0 spiro atoms. The molecule has 2 aromatic heterocycles. The van der Waals surface area contributed by atoms with Crippen LogP contribution in [0.25, 0.3) is 16.1 Å². The van der Waals surface area contributed by atoms with Gasteiger partial charge in [0.05, 0.1) is 38.7 Å². The van der Waals surface area contributed by atoms with Gasteiger partial charge in [-0.3, -0.25) is 0 Å². The van der Waals surface area contributed by atoms with E-state index in [2.05, 4.69) is 17.2 Å². The number of hydrogen-bond acceptors (Lipinski definition) is 8. The van der Waals surface area contributed by atoms with Crippen LogP contribution in [0.3, 0.4) is 0 Å². The zero-order valence-electron chi connectivity index (χ0n) is 21.5. The van der Waals surface area contributed by atoms with E-state index < -0.39 is 0 Å². The molecule has 0 amide bonds. The first kappa shape index (κ1) is 25.6. The highest BCUT2D eigenvalue weighted by atomic mass is 32.1. The molecule has 0 aliphatic carbocycles. The van der Waals surface area contributed by atoms with Crippen molar-refractivity contribution in [2.45, 2.75) is 52.2 Å². The number of benzene rings is 1. The Labute approximate surface area is 211 Å². The largest absolute Gasteiger partial charge is 0.496 e. The van der Waals surface area contributed by atoms with E-state index >= 15 is 0 Å². The van der Waals surface area contributed by atoms with Crippen molar-refractivity contribution in [3.63, 3.8) is 0 Å². The number of hydrogen-bond donors (Lipinski definition) is 0. The van der Waals surface area contributed by atoms with Gasteiger partial charge < -0.3 is 28.6 Å². The van der Waals surface area contributed by atoms with Crippen molar-refractivity contribution in [3.8, 4) is 28.6 Å². The molecule has 1 saturated heterocycles. The molecule has 0 saturated carbocycles. The van der Waals surface area contributed by atoms with Crippen molar-refractivity contribution >= 4 is 21.9 Å². The van der Waals surface area contributed by atoms with Crippen molar-refractivity contribution in [3.05, 3.63) is 23.1 Å². The molecule has 3 heterocycles. The van der Waals surface area contributed by atoms with Crippen LogP contribution in [-0.2, 0) is 16.1 Å². The van der Waals surface area contributed by atoms with Gasteiger partial charge in [-0.25, -0.2) is 4.52 Å². The number of aromatic nitrogens is 2. The van der Waals surface area contributed by atoms with Crippen LogP contribution >= 0.6 is 11.3 Å². The van der Waals surface area contributed by atoms with Gasteiger partial charge in [-0.15, -0.1) is 16.4 Å². The lowest BCUT2D eigenvalue weighted by atomic mass is 10.1. The van der Waals surface area contributed by atoms with Crippen LogP contribution in [0.4, 0.5) is 5.69 Å². The summed E-state index contributed by atoms with van der Waals surface area (Å²) < 4.78 is 30.7. The molecule has 0 N–H and O–H groups in total. The lowest BCUT2D eigenvalue weighted by molar-refractivity contribution is 0.0843. The van der Waals surface area contributed by atoms with Crippen LogP contribution in [-0.4, -0.2) is 63.4 Å². The lowest BCUT2D eigenvalue weighted by Crippen LogP contribution is -2.40. The third kappa shape index (κ3) is 5.22. The molecule has 0 radical (unpaired) electrons. The average Bonchev–Trinajstić information content (AvgIpc) is 3.44. The predicted octanol–water partition coefficient (Wildman–Crippen LogP) is 5.41. The molecular weight excluding hydrogens is 466 g/mol. The molecule has 0 bridgehead atoms. The molecule has 9 heteroatoms. The molecule has 8 nitrogen and oxygen atoms in total. The average molecular weight is 504 g/mol. The molecule has 1 aliphatic rings. The van der Waals surface area contributed by atoms with Crippen LogP contribution in [0.5, 0.6) is 17.4 Å². The number of fused-ring (bicyclic) bond motifs is 1. The molecule has 1 aromatic carbocycles. The molecule has 0 atom stereocenters. The molecule has 0 unspecified atom stereocenters. The van der Waals surface area contributed by atoms with E-state index in [0.717, 1.165) is 84.3 Å². The summed E-state index contributed by atoms with van der Waals surface area (Å²) in [5.74, 6) is 2.12. The monoisotopic (exact) mass is 503 g/mol. The maximum absolute atomic E-state index is 6.11. The van der Waals surface area contributed by atoms with Crippen LogP contribution in [0.15, 0.2) is 17.5 Å². The Morgan fingerprint density at radius 3 is 2.43 bits per heavy atom. The number of unbranched alkanes of at least 4 members (excludes halogenated alkanes) is 1. The summed E-state index contributed by atoms with van der Waals surface area (Å²) in [7, 11) is 5.03. The SMILES string of the molecule is CCCCN(c1c(OCC)nn2c(-c3c(OC)cc(COC)cc3OC)csc12)C1CCOCC1. The van der Waals surface area contributed by atoms with Gasteiger partial charge in [0.15, 0.2) is 0 Å². The highest BCUT2D eigenvalue weighted by Crippen LogP contribution is 2.45. The van der Waals surface area contributed by atoms with E-state index in [1.165, 1.54) is 0 Å². The Bertz CT molecular complexity index is 1080. The number of ether oxygens (including phenoxy) is 5. The Kier molecular flexibility index (Phi) is 8.75. The summed E-state index contributed by atoms with van der Waals surface area (Å²) in [4.78, 5) is 3.58. The summed E-state index contributed by atoms with van der Waals surface area (Å²) in [5.41, 5.74) is 3.84. The first-order valence-electron chi connectivity index (χ1n) is 12.4. The van der Waals surface area contributed by atoms with Crippen molar-refractivity contribution in [1.82, 2.24) is 9.61 Å². The zero-order valence-corrected chi connectivity index (χ0v) is 22.3. The van der Waals surface area contributed by atoms with Gasteiger partial charge in [-0.2, -0.15) is 0 Å². The maximum Gasteiger partial charge on any atom is 0.258 e. The minimum absolute atomic E-state index is 0.408. The zero-order chi connectivity index (χ0) is 24.8. The summed E-state index contributed by atoms with van der Waals surface area (Å²) in [5, 5.41) is 7.09. The second-order valence-electron chi connectivity index (χ2n) is 8.62. The molecule has 3 aromatic rings. The van der Waals surface area contributed by atoms with Crippen LogP contribution in [0.2, 0.25) is 0 Å².